The number of anilines is 1. The molecular weight excluding hydrogens is 530 g/mol. The Labute approximate surface area is 244 Å². The number of carbonyl (C=O) groups is 1. The molecule has 6 N–H and O–H groups in total. The number of rotatable bonds is 12. The quantitative estimate of drug-likeness (QED) is 0.0668. The van der Waals surface area contributed by atoms with Gasteiger partial charge in [-0.2, -0.15) is 0 Å². The molecule has 1 aromatic heterocycles. The van der Waals surface area contributed by atoms with Gasteiger partial charge in [-0.25, -0.2) is 0 Å². The van der Waals surface area contributed by atoms with Gasteiger partial charge >= 0.3 is 0 Å². The van der Waals surface area contributed by atoms with Gasteiger partial charge in [0.25, 0.3) is 0 Å². The Morgan fingerprint density at radius 2 is 1.71 bits per heavy atom. The van der Waals surface area contributed by atoms with E-state index in [9.17, 15) is 4.79 Å². The summed E-state index contributed by atoms with van der Waals surface area (Å²) in [6, 6.07) is 29.5. The molecule has 0 saturated heterocycles. The van der Waals surface area contributed by atoms with Gasteiger partial charge in [0.15, 0.2) is 11.5 Å². The van der Waals surface area contributed by atoms with Crippen molar-refractivity contribution in [3.8, 4) is 11.5 Å². The summed E-state index contributed by atoms with van der Waals surface area (Å²) in [4.78, 5) is 16.9. The van der Waals surface area contributed by atoms with E-state index in [2.05, 4.69) is 21.7 Å². The summed E-state index contributed by atoms with van der Waals surface area (Å²) in [6.45, 7) is 0.836. The fourth-order valence-electron chi connectivity index (χ4n) is 4.74. The van der Waals surface area contributed by atoms with Crippen LogP contribution in [0.3, 0.4) is 0 Å². The van der Waals surface area contributed by atoms with Crippen molar-refractivity contribution in [3.63, 3.8) is 0 Å². The molecule has 0 radical (unpaired) electrons. The predicted molar refractivity (Wildman–Crippen MR) is 163 cm³/mol. The molecule has 0 aliphatic carbocycles. The number of ether oxygens (including phenoxy) is 2. The molecule has 1 amide bonds. The summed E-state index contributed by atoms with van der Waals surface area (Å²) in [5, 5.41) is 24.3. The molecule has 0 aliphatic rings. The number of para-hydroxylation sites is 1. The van der Waals surface area contributed by atoms with Gasteiger partial charge in [0.1, 0.15) is 18.5 Å². The third kappa shape index (κ3) is 6.71. The highest BCUT2D eigenvalue weighted by atomic mass is 16.5. The lowest BCUT2D eigenvalue weighted by atomic mass is 10.0. The first-order chi connectivity index (χ1) is 20.6. The van der Waals surface area contributed by atoms with Gasteiger partial charge in [0.05, 0.1) is 7.11 Å². The first-order valence-electron chi connectivity index (χ1n) is 13.6. The SMILES string of the molecule is COc1cc([C@H](Nc2ccc(C(=N)NO)cc2)C(=O)NCCc2c[nH]c3ccccc23)ccc1OCc1ccccc1. The number of aromatic amines is 1. The standard InChI is InChI=1S/C33H33N5O4/c1-41-30-19-24(13-16-29(30)42-21-22-7-3-2-4-8-22)31(37-26-14-11-23(12-15-26)32(34)38-40)33(39)35-18-17-25-20-36-28-10-6-5-9-27(25)28/h2-16,19-20,31,36-37,40H,17-18,21H2,1H3,(H2,34,38)(H,35,39)/t31-/m0/s1. The maximum atomic E-state index is 13.6. The van der Waals surface area contributed by atoms with Crippen LogP contribution < -0.4 is 25.6 Å². The Kier molecular flexibility index (Phi) is 9.00. The summed E-state index contributed by atoms with van der Waals surface area (Å²) in [5.74, 6) is 0.759. The number of hydrogen-bond donors (Lipinski definition) is 6. The molecule has 0 unspecified atom stereocenters. The second kappa shape index (κ2) is 13.4. The topological polar surface area (TPSA) is 131 Å². The highest BCUT2D eigenvalue weighted by Gasteiger charge is 2.22. The average molecular weight is 564 g/mol. The van der Waals surface area contributed by atoms with Crippen LogP contribution in [0.2, 0.25) is 0 Å². The number of H-pyrrole nitrogens is 1. The van der Waals surface area contributed by atoms with E-state index in [1.165, 1.54) is 0 Å². The maximum Gasteiger partial charge on any atom is 0.247 e. The van der Waals surface area contributed by atoms with Gasteiger partial charge in [-0.3, -0.25) is 20.9 Å². The van der Waals surface area contributed by atoms with Gasteiger partial charge < -0.3 is 25.1 Å². The third-order valence-electron chi connectivity index (χ3n) is 6.99. The Morgan fingerprint density at radius 1 is 0.952 bits per heavy atom. The molecule has 1 heterocycles. The van der Waals surface area contributed by atoms with Crippen LogP contribution in [0.4, 0.5) is 5.69 Å². The van der Waals surface area contributed by atoms with Crippen molar-refractivity contribution in [3.05, 3.63) is 126 Å². The first kappa shape index (κ1) is 28.3. The van der Waals surface area contributed by atoms with Crippen LogP contribution in [-0.4, -0.2) is 35.6 Å². The molecule has 9 heteroatoms. The average Bonchev–Trinajstić information content (AvgIpc) is 3.46. The molecule has 1 atom stereocenters. The lowest BCUT2D eigenvalue weighted by Gasteiger charge is -2.22. The Bertz CT molecular complexity index is 1650. The molecule has 0 fully saturated rings. The van der Waals surface area contributed by atoms with Crippen molar-refractivity contribution in [2.24, 2.45) is 0 Å². The summed E-state index contributed by atoms with van der Waals surface area (Å²) >= 11 is 0. The number of methoxy groups -OCH3 is 1. The number of hydrogen-bond acceptors (Lipinski definition) is 6. The molecule has 9 nitrogen and oxygen atoms in total. The number of carbonyl (C=O) groups excluding carboxylic acids is 1. The number of hydroxylamine groups is 1. The molecule has 4 aromatic carbocycles. The number of amides is 1. The summed E-state index contributed by atoms with van der Waals surface area (Å²) < 4.78 is 11.7. The number of amidine groups is 1. The minimum Gasteiger partial charge on any atom is -0.493 e. The zero-order chi connectivity index (χ0) is 29.3. The Balaban J connectivity index is 1.35. The number of fused-ring (bicyclic) bond motifs is 1. The summed E-state index contributed by atoms with van der Waals surface area (Å²) in [5.41, 5.74) is 6.94. The fraction of sp³-hybridized carbons (Fsp3) is 0.152. The molecule has 214 valence electrons. The predicted octanol–water partition coefficient (Wildman–Crippen LogP) is 5.57. The first-order valence-corrected chi connectivity index (χ1v) is 13.6. The summed E-state index contributed by atoms with van der Waals surface area (Å²) in [6.07, 6.45) is 2.65. The van der Waals surface area contributed by atoms with E-state index in [1.807, 2.05) is 72.3 Å². The molecule has 0 spiro atoms. The minimum absolute atomic E-state index is 0.121. The molecular formula is C33H33N5O4. The van der Waals surface area contributed by atoms with E-state index >= 15 is 0 Å². The second-order valence-electron chi connectivity index (χ2n) is 9.73. The van der Waals surface area contributed by atoms with Crippen LogP contribution in [0.5, 0.6) is 11.5 Å². The van der Waals surface area contributed by atoms with Gasteiger partial charge in [-0.1, -0.05) is 54.6 Å². The third-order valence-corrected chi connectivity index (χ3v) is 6.99. The van der Waals surface area contributed by atoms with E-state index in [0.29, 0.717) is 47.9 Å². The molecule has 5 rings (SSSR count). The minimum atomic E-state index is -0.744. The van der Waals surface area contributed by atoms with Crippen LogP contribution in [0.15, 0.2) is 103 Å². The molecule has 0 saturated carbocycles. The number of nitrogens with one attached hydrogen (secondary N) is 5. The monoisotopic (exact) mass is 563 g/mol. The van der Waals surface area contributed by atoms with Crippen molar-refractivity contribution in [1.29, 1.82) is 5.41 Å². The lowest BCUT2D eigenvalue weighted by molar-refractivity contribution is -0.121. The normalized spacial score (nSPS) is 11.5. The fourth-order valence-corrected chi connectivity index (χ4v) is 4.74. The largest absolute Gasteiger partial charge is 0.493 e. The maximum absolute atomic E-state index is 13.6. The van der Waals surface area contributed by atoms with E-state index in [0.717, 1.165) is 22.0 Å². The van der Waals surface area contributed by atoms with Gasteiger partial charge in [0.2, 0.25) is 5.91 Å². The molecule has 5 aromatic rings. The van der Waals surface area contributed by atoms with E-state index in [4.69, 9.17) is 20.1 Å². The van der Waals surface area contributed by atoms with E-state index in [1.54, 1.807) is 37.4 Å². The Morgan fingerprint density at radius 3 is 2.48 bits per heavy atom. The van der Waals surface area contributed by atoms with E-state index in [-0.39, 0.29) is 11.7 Å². The number of aromatic nitrogens is 1. The van der Waals surface area contributed by atoms with Crippen LogP contribution in [0.25, 0.3) is 10.9 Å². The molecule has 0 aliphatic heterocycles. The zero-order valence-corrected chi connectivity index (χ0v) is 23.2. The van der Waals surface area contributed by atoms with Gasteiger partial charge in [0, 0.05) is 34.9 Å². The summed E-state index contributed by atoms with van der Waals surface area (Å²) in [7, 11) is 1.57. The van der Waals surface area contributed by atoms with Crippen LogP contribution in [-0.2, 0) is 17.8 Å². The van der Waals surface area contributed by atoms with Gasteiger partial charge in [-0.05, 0) is 65.6 Å². The molecule has 42 heavy (non-hydrogen) atoms. The lowest BCUT2D eigenvalue weighted by Crippen LogP contribution is -2.34. The van der Waals surface area contributed by atoms with E-state index < -0.39 is 6.04 Å². The smallest absolute Gasteiger partial charge is 0.247 e. The van der Waals surface area contributed by atoms with Crippen molar-refractivity contribution >= 4 is 28.3 Å². The van der Waals surface area contributed by atoms with Crippen LogP contribution in [0.1, 0.15) is 28.3 Å². The van der Waals surface area contributed by atoms with Crippen molar-refractivity contribution in [1.82, 2.24) is 15.8 Å². The van der Waals surface area contributed by atoms with Crippen molar-refractivity contribution in [2.75, 3.05) is 19.0 Å². The molecule has 0 bridgehead atoms. The zero-order valence-electron chi connectivity index (χ0n) is 23.2. The van der Waals surface area contributed by atoms with Crippen molar-refractivity contribution < 1.29 is 19.5 Å². The van der Waals surface area contributed by atoms with Crippen LogP contribution in [0, 0.1) is 5.41 Å². The highest BCUT2D eigenvalue weighted by molar-refractivity contribution is 5.96. The highest BCUT2D eigenvalue weighted by Crippen LogP contribution is 2.32. The second-order valence-corrected chi connectivity index (χ2v) is 9.73. The van der Waals surface area contributed by atoms with Crippen LogP contribution >= 0.6 is 0 Å². The van der Waals surface area contributed by atoms with Gasteiger partial charge in [-0.15, -0.1) is 0 Å². The number of benzene rings is 4. The van der Waals surface area contributed by atoms with Crippen molar-refractivity contribution in [2.45, 2.75) is 19.1 Å². The Hall–Kier alpha value is -5.28.